The molecule has 0 fully saturated rings. The zero-order valence-electron chi connectivity index (χ0n) is 11.6. The lowest BCUT2D eigenvalue weighted by molar-refractivity contribution is 0.0523. The van der Waals surface area contributed by atoms with Crippen molar-refractivity contribution in [1.82, 2.24) is 0 Å². The van der Waals surface area contributed by atoms with Crippen molar-refractivity contribution >= 4 is 23.4 Å². The highest BCUT2D eigenvalue weighted by Crippen LogP contribution is 2.16. The van der Waals surface area contributed by atoms with Gasteiger partial charge in [0.15, 0.2) is 5.78 Å². The summed E-state index contributed by atoms with van der Waals surface area (Å²) in [4.78, 5) is 24.3. The van der Waals surface area contributed by atoms with Crippen LogP contribution in [-0.2, 0) is 11.2 Å². The number of esters is 1. The maximum atomic E-state index is 12.4. The zero-order chi connectivity index (χ0) is 15.2. The highest BCUT2D eigenvalue weighted by atomic mass is 35.5. The number of ketones is 1. The van der Waals surface area contributed by atoms with Gasteiger partial charge in [-0.3, -0.25) is 4.79 Å². The number of hydrogen-bond acceptors (Lipinski definition) is 3. The van der Waals surface area contributed by atoms with Crippen molar-refractivity contribution in [2.24, 2.45) is 0 Å². The Balaban J connectivity index is 2.23. The molecule has 0 aromatic heterocycles. The molecule has 0 aliphatic heterocycles. The van der Waals surface area contributed by atoms with E-state index < -0.39 is 5.97 Å². The molecule has 0 aliphatic rings. The molecule has 0 saturated heterocycles. The Morgan fingerprint density at radius 2 is 1.62 bits per heavy atom. The number of hydrogen-bond donors (Lipinski definition) is 0. The molecule has 0 radical (unpaired) electrons. The summed E-state index contributed by atoms with van der Waals surface area (Å²) in [6.45, 7) is 2.01. The first-order chi connectivity index (χ1) is 10.1. The van der Waals surface area contributed by atoms with Crippen molar-refractivity contribution < 1.29 is 14.3 Å². The molecule has 0 unspecified atom stereocenters. The molecule has 0 bridgehead atoms. The number of carbonyl (C=O) groups excluding carboxylic acids is 2. The fourth-order valence-electron chi connectivity index (χ4n) is 2.00. The molecule has 0 amide bonds. The van der Waals surface area contributed by atoms with Gasteiger partial charge in [0, 0.05) is 17.0 Å². The Bertz CT molecular complexity index is 647. The number of carbonyl (C=O) groups is 2. The first-order valence-corrected chi connectivity index (χ1v) is 7.03. The average molecular weight is 303 g/mol. The van der Waals surface area contributed by atoms with Crippen LogP contribution in [-0.4, -0.2) is 18.4 Å². The van der Waals surface area contributed by atoms with E-state index in [2.05, 4.69) is 0 Å². The highest BCUT2D eigenvalue weighted by Gasteiger charge is 2.17. The maximum Gasteiger partial charge on any atom is 0.338 e. The molecule has 4 heteroatoms. The fourth-order valence-corrected chi connectivity index (χ4v) is 2.12. The maximum absolute atomic E-state index is 12.4. The lowest BCUT2D eigenvalue weighted by Gasteiger charge is -2.08. The largest absolute Gasteiger partial charge is 0.462 e. The van der Waals surface area contributed by atoms with E-state index in [1.165, 1.54) is 0 Å². The number of ether oxygens (including phenoxy) is 1. The van der Waals surface area contributed by atoms with Crippen LogP contribution in [0.5, 0.6) is 0 Å². The monoisotopic (exact) mass is 302 g/mol. The van der Waals surface area contributed by atoms with E-state index in [-0.39, 0.29) is 18.8 Å². The molecule has 0 atom stereocenters. The molecular formula is C17H15ClO3. The quantitative estimate of drug-likeness (QED) is 0.620. The van der Waals surface area contributed by atoms with E-state index in [1.54, 1.807) is 55.5 Å². The minimum absolute atomic E-state index is 0.124. The summed E-state index contributed by atoms with van der Waals surface area (Å²) >= 11 is 5.82. The Morgan fingerprint density at radius 1 is 1.00 bits per heavy atom. The van der Waals surface area contributed by atoms with E-state index in [9.17, 15) is 9.59 Å². The molecule has 2 aromatic carbocycles. The Kier molecular flexibility index (Phi) is 5.12. The number of benzene rings is 2. The molecule has 0 aliphatic carbocycles. The van der Waals surface area contributed by atoms with Gasteiger partial charge in [-0.25, -0.2) is 4.79 Å². The van der Waals surface area contributed by atoms with Gasteiger partial charge >= 0.3 is 5.97 Å². The molecule has 0 heterocycles. The third-order valence-electron chi connectivity index (χ3n) is 3.00. The van der Waals surface area contributed by atoms with Gasteiger partial charge in [0.1, 0.15) is 0 Å². The minimum atomic E-state index is -0.474. The molecule has 0 N–H and O–H groups in total. The summed E-state index contributed by atoms with van der Waals surface area (Å²) in [5.74, 6) is -0.599. The van der Waals surface area contributed by atoms with E-state index >= 15 is 0 Å². The van der Waals surface area contributed by atoms with Crippen LogP contribution >= 0.6 is 11.6 Å². The van der Waals surface area contributed by atoms with Gasteiger partial charge < -0.3 is 4.74 Å². The van der Waals surface area contributed by atoms with Crippen molar-refractivity contribution in [3.05, 3.63) is 70.2 Å². The second-order valence-electron chi connectivity index (χ2n) is 4.49. The molecular weight excluding hydrogens is 288 g/mol. The second-order valence-corrected chi connectivity index (χ2v) is 4.93. The molecule has 0 saturated carbocycles. The van der Waals surface area contributed by atoms with Crippen LogP contribution in [0.4, 0.5) is 0 Å². The second kappa shape index (κ2) is 7.04. The predicted octanol–water partition coefficient (Wildman–Crippen LogP) is 3.94. The van der Waals surface area contributed by atoms with Crippen LogP contribution in [0.1, 0.15) is 33.2 Å². The van der Waals surface area contributed by atoms with Crippen molar-refractivity contribution in [3.63, 3.8) is 0 Å². The summed E-state index contributed by atoms with van der Waals surface area (Å²) in [5, 5.41) is 0.623. The smallest absolute Gasteiger partial charge is 0.338 e. The van der Waals surface area contributed by atoms with Crippen LogP contribution in [0.15, 0.2) is 48.5 Å². The van der Waals surface area contributed by atoms with Gasteiger partial charge in [0.2, 0.25) is 0 Å². The van der Waals surface area contributed by atoms with E-state index in [0.29, 0.717) is 16.1 Å². The van der Waals surface area contributed by atoms with Gasteiger partial charge in [0.25, 0.3) is 0 Å². The molecule has 2 rings (SSSR count). The van der Waals surface area contributed by atoms with Gasteiger partial charge in [-0.15, -0.1) is 0 Å². The normalized spacial score (nSPS) is 10.2. The van der Waals surface area contributed by atoms with E-state index in [4.69, 9.17) is 16.3 Å². The third-order valence-corrected chi connectivity index (χ3v) is 3.25. The Morgan fingerprint density at radius 3 is 2.24 bits per heavy atom. The van der Waals surface area contributed by atoms with Crippen LogP contribution in [0.2, 0.25) is 5.02 Å². The fraction of sp³-hybridized carbons (Fsp3) is 0.176. The van der Waals surface area contributed by atoms with Gasteiger partial charge in [-0.1, -0.05) is 41.9 Å². The summed E-state index contributed by atoms with van der Waals surface area (Å²) in [5.41, 5.74) is 1.53. The topological polar surface area (TPSA) is 43.4 Å². The van der Waals surface area contributed by atoms with Crippen molar-refractivity contribution in [1.29, 1.82) is 0 Å². The SMILES string of the molecule is CCOC(=O)c1ccccc1C(=O)Cc1ccc(Cl)cc1. The first kappa shape index (κ1) is 15.3. The van der Waals surface area contributed by atoms with Crippen LogP contribution in [0, 0.1) is 0 Å². The number of rotatable bonds is 5. The zero-order valence-corrected chi connectivity index (χ0v) is 12.4. The summed E-state index contributed by atoms with van der Waals surface area (Å²) in [6, 6.07) is 13.8. The standard InChI is InChI=1S/C17H15ClO3/c1-2-21-17(20)15-6-4-3-5-14(15)16(19)11-12-7-9-13(18)10-8-12/h3-10H,2,11H2,1H3. The number of halogens is 1. The van der Waals surface area contributed by atoms with Crippen LogP contribution in [0.25, 0.3) is 0 Å². The molecule has 21 heavy (non-hydrogen) atoms. The lowest BCUT2D eigenvalue weighted by atomic mass is 9.98. The summed E-state index contributed by atoms with van der Waals surface area (Å²) in [7, 11) is 0. The van der Waals surface area contributed by atoms with Crippen molar-refractivity contribution in [2.45, 2.75) is 13.3 Å². The first-order valence-electron chi connectivity index (χ1n) is 6.65. The van der Waals surface area contributed by atoms with Gasteiger partial charge in [-0.05, 0) is 30.7 Å². The highest BCUT2D eigenvalue weighted by molar-refractivity contribution is 6.30. The van der Waals surface area contributed by atoms with Gasteiger partial charge in [0.05, 0.1) is 12.2 Å². The van der Waals surface area contributed by atoms with E-state index in [1.807, 2.05) is 0 Å². The minimum Gasteiger partial charge on any atom is -0.462 e. The molecule has 108 valence electrons. The molecule has 3 nitrogen and oxygen atoms in total. The van der Waals surface area contributed by atoms with Crippen LogP contribution < -0.4 is 0 Å². The van der Waals surface area contributed by atoms with Crippen LogP contribution in [0.3, 0.4) is 0 Å². The molecule has 0 spiro atoms. The third kappa shape index (κ3) is 3.92. The van der Waals surface area contributed by atoms with Crippen molar-refractivity contribution in [3.8, 4) is 0 Å². The van der Waals surface area contributed by atoms with Gasteiger partial charge in [-0.2, -0.15) is 0 Å². The predicted molar refractivity (Wildman–Crippen MR) is 81.9 cm³/mol. The summed E-state index contributed by atoms with van der Waals surface area (Å²) in [6.07, 6.45) is 0.216. The Hall–Kier alpha value is -2.13. The number of Topliss-reactive ketones (excluding diaryl/α,β-unsaturated/α-hetero) is 1. The lowest BCUT2D eigenvalue weighted by Crippen LogP contribution is -2.13. The molecule has 2 aromatic rings. The van der Waals surface area contributed by atoms with Crippen molar-refractivity contribution in [2.75, 3.05) is 6.61 Å². The average Bonchev–Trinajstić information content (AvgIpc) is 2.50. The summed E-state index contributed by atoms with van der Waals surface area (Å²) < 4.78 is 4.98. The van der Waals surface area contributed by atoms with E-state index in [0.717, 1.165) is 5.56 Å². The Labute approximate surface area is 128 Å².